The molecule has 1 N–H and O–H groups in total. The average Bonchev–Trinajstić information content (AvgIpc) is 2.60. The molecule has 0 unspecified atom stereocenters. The first-order chi connectivity index (χ1) is 7.66. The van der Waals surface area contributed by atoms with Gasteiger partial charge in [-0.2, -0.15) is 0 Å². The number of fused-ring (bicyclic) bond motifs is 1. The quantitative estimate of drug-likeness (QED) is 0.799. The van der Waals surface area contributed by atoms with Crippen molar-refractivity contribution in [3.63, 3.8) is 0 Å². The molecule has 3 heteroatoms. The van der Waals surface area contributed by atoms with Crippen LogP contribution in [0.4, 0.5) is 0 Å². The summed E-state index contributed by atoms with van der Waals surface area (Å²) in [7, 11) is 0. The minimum atomic E-state index is -0.910. The van der Waals surface area contributed by atoms with E-state index >= 15 is 0 Å². The molecule has 0 spiro atoms. The molecule has 2 rings (SSSR count). The molecule has 0 fully saturated rings. The maximum atomic E-state index is 10.3. The molecule has 0 saturated heterocycles. The van der Waals surface area contributed by atoms with Gasteiger partial charge in [0, 0.05) is 24.3 Å². The maximum Gasteiger partial charge on any atom is 0.328 e. The van der Waals surface area contributed by atoms with Gasteiger partial charge in [-0.3, -0.25) is 0 Å². The van der Waals surface area contributed by atoms with Crippen molar-refractivity contribution in [3.8, 4) is 0 Å². The van der Waals surface area contributed by atoms with Gasteiger partial charge in [0.2, 0.25) is 0 Å². The molecule has 0 amide bonds. The van der Waals surface area contributed by atoms with Crippen LogP contribution < -0.4 is 0 Å². The number of aryl methyl sites for hydroxylation is 1. The van der Waals surface area contributed by atoms with Crippen molar-refractivity contribution in [3.05, 3.63) is 48.2 Å². The second-order valence-electron chi connectivity index (χ2n) is 3.77. The monoisotopic (exact) mass is 215 g/mol. The number of aliphatic carboxylic acids is 1. The molecule has 3 nitrogen and oxygen atoms in total. The lowest BCUT2D eigenvalue weighted by Gasteiger charge is -2.01. The molecular formula is C13H13NO2. The number of benzene rings is 1. The smallest absolute Gasteiger partial charge is 0.328 e. The zero-order chi connectivity index (χ0) is 11.5. The van der Waals surface area contributed by atoms with E-state index in [1.165, 1.54) is 17.0 Å². The fourth-order valence-electron chi connectivity index (χ4n) is 1.75. The second kappa shape index (κ2) is 4.23. The lowest BCUT2D eigenvalue weighted by atomic mass is 10.2. The van der Waals surface area contributed by atoms with Gasteiger partial charge in [-0.1, -0.05) is 17.7 Å². The molecule has 82 valence electrons. The van der Waals surface area contributed by atoms with Gasteiger partial charge in [0.1, 0.15) is 0 Å². The van der Waals surface area contributed by atoms with Crippen molar-refractivity contribution in [2.45, 2.75) is 13.5 Å². The number of carboxylic acid groups (broad SMARTS) is 1. The summed E-state index contributed by atoms with van der Waals surface area (Å²) < 4.78 is 2.02. The van der Waals surface area contributed by atoms with E-state index in [2.05, 4.69) is 25.1 Å². The Morgan fingerprint density at radius 3 is 3.00 bits per heavy atom. The highest BCUT2D eigenvalue weighted by Gasteiger charge is 1.99. The van der Waals surface area contributed by atoms with E-state index in [0.29, 0.717) is 6.54 Å². The molecule has 0 saturated carbocycles. The SMILES string of the molecule is Cc1ccc2c(ccn2C/C=C/C(=O)O)c1. The predicted octanol–water partition coefficient (Wildman–Crippen LogP) is 2.59. The number of rotatable bonds is 3. The summed E-state index contributed by atoms with van der Waals surface area (Å²) in [6, 6.07) is 8.27. The molecule has 1 heterocycles. The normalized spacial score (nSPS) is 11.3. The molecule has 0 radical (unpaired) electrons. The Kier molecular flexibility index (Phi) is 2.77. The van der Waals surface area contributed by atoms with Crippen LogP contribution in [-0.4, -0.2) is 15.6 Å². The van der Waals surface area contributed by atoms with Crippen LogP contribution in [0, 0.1) is 6.92 Å². The van der Waals surface area contributed by atoms with Crippen molar-refractivity contribution in [1.29, 1.82) is 0 Å². The second-order valence-corrected chi connectivity index (χ2v) is 3.77. The minimum Gasteiger partial charge on any atom is -0.478 e. The first-order valence-corrected chi connectivity index (χ1v) is 5.12. The molecule has 2 aromatic rings. The number of nitrogens with zero attached hydrogens (tertiary/aromatic N) is 1. The number of allylic oxidation sites excluding steroid dienone is 1. The van der Waals surface area contributed by atoms with E-state index < -0.39 is 5.97 Å². The van der Waals surface area contributed by atoms with Crippen LogP contribution in [0.3, 0.4) is 0 Å². The highest BCUT2D eigenvalue weighted by Crippen LogP contribution is 2.17. The fraction of sp³-hybridized carbons (Fsp3) is 0.154. The zero-order valence-corrected chi connectivity index (χ0v) is 9.05. The Labute approximate surface area is 93.6 Å². The van der Waals surface area contributed by atoms with E-state index in [-0.39, 0.29) is 0 Å². The summed E-state index contributed by atoms with van der Waals surface area (Å²) in [4.78, 5) is 10.3. The number of carbonyl (C=O) groups is 1. The maximum absolute atomic E-state index is 10.3. The Bertz CT molecular complexity index is 552. The first kappa shape index (κ1) is 10.5. The number of hydrogen-bond donors (Lipinski definition) is 1. The molecule has 0 aliphatic carbocycles. The summed E-state index contributed by atoms with van der Waals surface area (Å²) in [5, 5.41) is 9.68. The molecule has 1 aromatic carbocycles. The largest absolute Gasteiger partial charge is 0.478 e. The van der Waals surface area contributed by atoms with Crippen LogP contribution in [0.1, 0.15) is 5.56 Å². The lowest BCUT2D eigenvalue weighted by Crippen LogP contribution is -1.94. The van der Waals surface area contributed by atoms with Gasteiger partial charge in [-0.15, -0.1) is 0 Å². The van der Waals surface area contributed by atoms with E-state index in [0.717, 1.165) is 5.52 Å². The van der Waals surface area contributed by atoms with Crippen LogP contribution >= 0.6 is 0 Å². The standard InChI is InChI=1S/C13H13NO2/c1-10-4-5-12-11(9-10)6-8-14(12)7-2-3-13(15)16/h2-6,8-9H,7H2,1H3,(H,15,16)/b3-2+. The predicted molar refractivity (Wildman–Crippen MR) is 63.5 cm³/mol. The Hall–Kier alpha value is -2.03. The van der Waals surface area contributed by atoms with Gasteiger partial charge < -0.3 is 9.67 Å². The van der Waals surface area contributed by atoms with Crippen LogP contribution in [0.25, 0.3) is 10.9 Å². The summed E-state index contributed by atoms with van der Waals surface area (Å²) in [6.45, 7) is 2.64. The Morgan fingerprint density at radius 1 is 1.44 bits per heavy atom. The first-order valence-electron chi connectivity index (χ1n) is 5.12. The van der Waals surface area contributed by atoms with Crippen LogP contribution in [0.2, 0.25) is 0 Å². The summed E-state index contributed by atoms with van der Waals surface area (Å²) in [5.74, 6) is -0.910. The van der Waals surface area contributed by atoms with Crippen molar-refractivity contribution in [2.75, 3.05) is 0 Å². The molecule has 0 atom stereocenters. The number of aromatic nitrogens is 1. The molecular weight excluding hydrogens is 202 g/mol. The average molecular weight is 215 g/mol. The van der Waals surface area contributed by atoms with Gasteiger partial charge in [-0.05, 0) is 30.5 Å². The summed E-state index contributed by atoms with van der Waals surface area (Å²) in [5.41, 5.74) is 2.35. The molecule has 0 bridgehead atoms. The van der Waals surface area contributed by atoms with Crippen molar-refractivity contribution in [1.82, 2.24) is 4.57 Å². The lowest BCUT2D eigenvalue weighted by molar-refractivity contribution is -0.131. The summed E-state index contributed by atoms with van der Waals surface area (Å²) >= 11 is 0. The van der Waals surface area contributed by atoms with Gasteiger partial charge in [0.15, 0.2) is 0 Å². The van der Waals surface area contributed by atoms with Gasteiger partial charge in [0.05, 0.1) is 0 Å². The third-order valence-electron chi connectivity index (χ3n) is 2.49. The zero-order valence-electron chi connectivity index (χ0n) is 9.05. The molecule has 16 heavy (non-hydrogen) atoms. The number of hydrogen-bond acceptors (Lipinski definition) is 1. The van der Waals surface area contributed by atoms with E-state index in [1.807, 2.05) is 16.8 Å². The van der Waals surface area contributed by atoms with Crippen LogP contribution in [-0.2, 0) is 11.3 Å². The highest BCUT2D eigenvalue weighted by molar-refractivity contribution is 5.81. The molecule has 0 aliphatic heterocycles. The topological polar surface area (TPSA) is 42.2 Å². The Balaban J connectivity index is 2.28. The van der Waals surface area contributed by atoms with Gasteiger partial charge in [0.25, 0.3) is 0 Å². The number of carboxylic acids is 1. The molecule has 1 aromatic heterocycles. The van der Waals surface area contributed by atoms with Gasteiger partial charge in [-0.25, -0.2) is 4.79 Å². The third kappa shape index (κ3) is 2.14. The Morgan fingerprint density at radius 2 is 2.25 bits per heavy atom. The van der Waals surface area contributed by atoms with Crippen LogP contribution in [0.5, 0.6) is 0 Å². The third-order valence-corrected chi connectivity index (χ3v) is 2.49. The minimum absolute atomic E-state index is 0.582. The van der Waals surface area contributed by atoms with Crippen molar-refractivity contribution in [2.24, 2.45) is 0 Å². The van der Waals surface area contributed by atoms with E-state index in [4.69, 9.17) is 5.11 Å². The summed E-state index contributed by atoms with van der Waals surface area (Å²) in [6.07, 6.45) is 4.78. The van der Waals surface area contributed by atoms with Gasteiger partial charge >= 0.3 is 5.97 Å². The van der Waals surface area contributed by atoms with E-state index in [1.54, 1.807) is 6.08 Å². The van der Waals surface area contributed by atoms with E-state index in [9.17, 15) is 4.79 Å². The van der Waals surface area contributed by atoms with Crippen molar-refractivity contribution < 1.29 is 9.90 Å². The van der Waals surface area contributed by atoms with Crippen molar-refractivity contribution >= 4 is 16.9 Å². The highest BCUT2D eigenvalue weighted by atomic mass is 16.4. The fourth-order valence-corrected chi connectivity index (χ4v) is 1.75. The van der Waals surface area contributed by atoms with Crippen LogP contribution in [0.15, 0.2) is 42.6 Å². The molecule has 0 aliphatic rings.